The highest BCUT2D eigenvalue weighted by molar-refractivity contribution is 7.91. The highest BCUT2D eigenvalue weighted by atomic mass is 32.2. The van der Waals surface area contributed by atoms with Crippen molar-refractivity contribution < 1.29 is 27.5 Å². The Hall–Kier alpha value is -3.53. The van der Waals surface area contributed by atoms with Crippen LogP contribution in [0.5, 0.6) is 5.75 Å². The Morgan fingerprint density at radius 2 is 1.94 bits per heavy atom. The van der Waals surface area contributed by atoms with Crippen molar-refractivity contribution in [3.05, 3.63) is 70.2 Å². The topological polar surface area (TPSA) is 108 Å². The maximum absolute atomic E-state index is 13.3. The van der Waals surface area contributed by atoms with E-state index in [1.54, 1.807) is 25.4 Å². The van der Waals surface area contributed by atoms with Gasteiger partial charge in [-0.15, -0.1) is 0 Å². The number of sulfone groups is 1. The monoisotopic (exact) mass is 483 g/mol. The smallest absolute Gasteiger partial charge is 0.258 e. The van der Waals surface area contributed by atoms with Crippen molar-refractivity contribution in [2.24, 2.45) is 0 Å². The molecule has 1 aromatic heterocycles. The van der Waals surface area contributed by atoms with E-state index in [1.165, 1.54) is 21.9 Å². The maximum atomic E-state index is 13.3. The lowest BCUT2D eigenvalue weighted by Crippen LogP contribution is -2.30. The number of phenolic OH excluding ortho intramolecular Hbond substituents is 1. The van der Waals surface area contributed by atoms with Crippen molar-refractivity contribution in [2.75, 3.05) is 25.2 Å². The van der Waals surface area contributed by atoms with Crippen LogP contribution in [0.3, 0.4) is 0 Å². The molecule has 2 aromatic carbocycles. The van der Waals surface area contributed by atoms with Crippen molar-refractivity contribution in [1.29, 1.82) is 0 Å². The number of nitrogens with zero attached hydrogens (tertiary/aromatic N) is 3. The number of benzene rings is 2. The van der Waals surface area contributed by atoms with Crippen LogP contribution in [0.4, 0.5) is 4.39 Å². The van der Waals surface area contributed by atoms with Crippen molar-refractivity contribution >= 4 is 32.6 Å². The summed E-state index contributed by atoms with van der Waals surface area (Å²) in [6.07, 6.45) is 1.93. The molecule has 0 atom stereocenters. The number of pyridine rings is 1. The lowest BCUT2D eigenvalue weighted by molar-refractivity contribution is -0.129. The first-order chi connectivity index (χ1) is 16.1. The minimum Gasteiger partial charge on any atom is -0.505 e. The van der Waals surface area contributed by atoms with E-state index in [4.69, 9.17) is 0 Å². The fourth-order valence-electron chi connectivity index (χ4n) is 4.62. The average molecular weight is 484 g/mol. The number of hydrogen-bond acceptors (Lipinski definition) is 6. The van der Waals surface area contributed by atoms with Crippen molar-refractivity contribution in [2.45, 2.75) is 19.4 Å². The molecule has 3 heterocycles. The Balaban J connectivity index is 1.61. The van der Waals surface area contributed by atoms with E-state index < -0.39 is 9.84 Å². The van der Waals surface area contributed by atoms with E-state index in [0.717, 1.165) is 11.1 Å². The van der Waals surface area contributed by atoms with Gasteiger partial charge < -0.3 is 14.9 Å². The van der Waals surface area contributed by atoms with E-state index in [0.29, 0.717) is 22.9 Å². The molecule has 0 spiro atoms. The standard InChI is InChI=1S/C24H22FN3O5S/c1-27-12-19-17(10-20(29)28-6-7-34(32,33)13-28)18-9-15(8-14-2-4-16(25)5-3-14)11-26-22(18)23(30)21(19)24(27)31/h2-5,9,11,30H,6-8,10,12-13H2,1H3. The minimum absolute atomic E-state index is 0.0717. The van der Waals surface area contributed by atoms with Gasteiger partial charge in [-0.25, -0.2) is 12.8 Å². The summed E-state index contributed by atoms with van der Waals surface area (Å²) in [5.41, 5.74) is 3.10. The van der Waals surface area contributed by atoms with Gasteiger partial charge in [0, 0.05) is 31.7 Å². The predicted octanol–water partition coefficient (Wildman–Crippen LogP) is 2.01. The highest BCUT2D eigenvalue weighted by Gasteiger charge is 2.35. The zero-order chi connectivity index (χ0) is 24.2. The molecule has 2 amide bonds. The van der Waals surface area contributed by atoms with E-state index in [2.05, 4.69) is 4.98 Å². The van der Waals surface area contributed by atoms with Crippen LogP contribution in [0.25, 0.3) is 10.9 Å². The Kier molecular flexibility index (Phi) is 5.27. The normalized spacial score (nSPS) is 16.9. The lowest BCUT2D eigenvalue weighted by Gasteiger charge is -2.18. The Morgan fingerprint density at radius 1 is 1.21 bits per heavy atom. The fraction of sp³-hybridized carbons (Fsp3) is 0.292. The Labute approximate surface area is 195 Å². The average Bonchev–Trinajstić information content (AvgIpc) is 3.31. The van der Waals surface area contributed by atoms with Gasteiger partial charge in [0.05, 0.1) is 17.7 Å². The first-order valence-corrected chi connectivity index (χ1v) is 12.6. The number of carbonyl (C=O) groups excluding carboxylic acids is 2. The van der Waals surface area contributed by atoms with Gasteiger partial charge in [0.15, 0.2) is 15.6 Å². The van der Waals surface area contributed by atoms with Crippen molar-refractivity contribution in [3.63, 3.8) is 0 Å². The zero-order valence-electron chi connectivity index (χ0n) is 18.4. The molecule has 1 saturated heterocycles. The molecular formula is C24H22FN3O5S. The van der Waals surface area contributed by atoms with Crippen LogP contribution in [-0.4, -0.2) is 65.3 Å². The quantitative estimate of drug-likeness (QED) is 0.608. The number of aromatic hydroxyl groups is 1. The molecule has 0 aliphatic carbocycles. The number of hydrogen-bond donors (Lipinski definition) is 1. The van der Waals surface area contributed by atoms with E-state index in [-0.39, 0.29) is 65.6 Å². The maximum Gasteiger partial charge on any atom is 0.258 e. The Morgan fingerprint density at radius 3 is 2.62 bits per heavy atom. The molecule has 0 bridgehead atoms. The Bertz CT molecular complexity index is 1450. The van der Waals surface area contributed by atoms with E-state index in [9.17, 15) is 27.5 Å². The molecule has 3 aromatic rings. The van der Waals surface area contributed by atoms with E-state index in [1.807, 2.05) is 6.07 Å². The third-order valence-electron chi connectivity index (χ3n) is 6.38. The number of fused-ring (bicyclic) bond motifs is 2. The highest BCUT2D eigenvalue weighted by Crippen LogP contribution is 2.40. The first-order valence-electron chi connectivity index (χ1n) is 10.8. The molecule has 176 valence electrons. The van der Waals surface area contributed by atoms with Crippen molar-refractivity contribution in [3.8, 4) is 5.75 Å². The number of rotatable bonds is 4. The van der Waals surface area contributed by atoms with Gasteiger partial charge >= 0.3 is 0 Å². The molecule has 0 unspecified atom stereocenters. The molecule has 8 nitrogen and oxygen atoms in total. The summed E-state index contributed by atoms with van der Waals surface area (Å²) < 4.78 is 37.0. The van der Waals surface area contributed by atoms with Crippen LogP contribution in [0.15, 0.2) is 36.5 Å². The number of halogens is 1. The van der Waals surface area contributed by atoms with Gasteiger partial charge in [0.25, 0.3) is 5.91 Å². The molecule has 0 saturated carbocycles. The summed E-state index contributed by atoms with van der Waals surface area (Å²) in [5.74, 6) is -1.67. The second-order valence-corrected chi connectivity index (χ2v) is 10.9. The molecule has 2 aliphatic heterocycles. The summed E-state index contributed by atoms with van der Waals surface area (Å²) in [4.78, 5) is 32.9. The van der Waals surface area contributed by atoms with E-state index >= 15 is 0 Å². The molecule has 10 heteroatoms. The zero-order valence-corrected chi connectivity index (χ0v) is 19.2. The third-order valence-corrected chi connectivity index (χ3v) is 7.89. The van der Waals surface area contributed by atoms with Crippen LogP contribution in [0, 0.1) is 5.82 Å². The van der Waals surface area contributed by atoms with Crippen LogP contribution in [-0.2, 0) is 34.0 Å². The second-order valence-electron chi connectivity index (χ2n) is 8.80. The van der Waals surface area contributed by atoms with Gasteiger partial charge in [-0.1, -0.05) is 12.1 Å². The van der Waals surface area contributed by atoms with Crippen LogP contribution in [0.2, 0.25) is 0 Å². The number of amides is 2. The second kappa shape index (κ2) is 8.05. The molecule has 1 fully saturated rings. The van der Waals surface area contributed by atoms with Gasteiger partial charge in [-0.2, -0.15) is 0 Å². The number of phenols is 1. The summed E-state index contributed by atoms with van der Waals surface area (Å²) in [6.45, 7) is 0.354. The van der Waals surface area contributed by atoms with Gasteiger partial charge in [-0.05, 0) is 46.9 Å². The molecule has 2 aliphatic rings. The summed E-state index contributed by atoms with van der Waals surface area (Å²) >= 11 is 0. The number of aromatic nitrogens is 1. The minimum atomic E-state index is -3.29. The van der Waals surface area contributed by atoms with Gasteiger partial charge in [0.2, 0.25) is 5.91 Å². The third kappa shape index (κ3) is 3.87. The molecule has 1 N–H and O–H groups in total. The van der Waals surface area contributed by atoms with Crippen LogP contribution < -0.4 is 0 Å². The fourth-order valence-corrected chi connectivity index (χ4v) is 5.99. The van der Waals surface area contributed by atoms with Crippen LogP contribution in [0.1, 0.15) is 32.6 Å². The van der Waals surface area contributed by atoms with Gasteiger partial charge in [-0.3, -0.25) is 14.6 Å². The van der Waals surface area contributed by atoms with Crippen LogP contribution >= 0.6 is 0 Å². The molecule has 5 rings (SSSR count). The summed E-state index contributed by atoms with van der Waals surface area (Å²) in [6, 6.07) is 7.91. The lowest BCUT2D eigenvalue weighted by atomic mass is 9.92. The summed E-state index contributed by atoms with van der Waals surface area (Å²) in [5, 5.41) is 11.4. The predicted molar refractivity (Wildman–Crippen MR) is 122 cm³/mol. The van der Waals surface area contributed by atoms with Gasteiger partial charge in [0.1, 0.15) is 17.2 Å². The number of carbonyl (C=O) groups is 2. The molecular weight excluding hydrogens is 461 g/mol. The SMILES string of the molecule is CN1Cc2c(c(O)c3ncc(Cc4ccc(F)cc4)cc3c2CC(=O)N2CCS(=O)(=O)C2)C1=O. The first kappa shape index (κ1) is 22.3. The largest absolute Gasteiger partial charge is 0.505 e. The molecule has 0 radical (unpaired) electrons. The summed E-state index contributed by atoms with van der Waals surface area (Å²) in [7, 11) is -1.68. The van der Waals surface area contributed by atoms with Crippen molar-refractivity contribution in [1.82, 2.24) is 14.8 Å². The molecule has 34 heavy (non-hydrogen) atoms.